The van der Waals surface area contributed by atoms with Crippen molar-refractivity contribution in [3.05, 3.63) is 169 Å². The maximum Gasteiger partial charge on any atom is 0.0998 e. The molecule has 2 heterocycles. The highest BCUT2D eigenvalue weighted by Crippen LogP contribution is 2.39. The van der Waals surface area contributed by atoms with E-state index in [1.54, 1.807) is 0 Å². The highest BCUT2D eigenvalue weighted by Gasteiger charge is 2.18. The Morgan fingerprint density at radius 2 is 0.917 bits per heavy atom. The number of nitriles is 2. The van der Waals surface area contributed by atoms with Gasteiger partial charge in [-0.3, -0.25) is 0 Å². The number of rotatable bonds is 4. The summed E-state index contributed by atoms with van der Waals surface area (Å²) in [5.74, 6) is 0. The number of para-hydroxylation sites is 4. The fraction of sp³-hybridized carbons (Fsp3) is 0. The van der Waals surface area contributed by atoms with Crippen molar-refractivity contribution in [2.24, 2.45) is 0 Å². The topological polar surface area (TPSA) is 57.4 Å². The normalized spacial score (nSPS) is 11.3. The lowest BCUT2D eigenvalue weighted by Crippen LogP contribution is -1.99. The van der Waals surface area contributed by atoms with Crippen molar-refractivity contribution in [3.8, 4) is 45.8 Å². The lowest BCUT2D eigenvalue weighted by molar-refractivity contribution is 1.18. The zero-order chi connectivity index (χ0) is 32.2. The molecule has 0 fully saturated rings. The minimum absolute atomic E-state index is 0.578. The Balaban J connectivity index is 1.21. The zero-order valence-corrected chi connectivity index (χ0v) is 25.8. The molecule has 0 amide bonds. The van der Waals surface area contributed by atoms with E-state index in [4.69, 9.17) is 0 Å². The highest BCUT2D eigenvalue weighted by molar-refractivity contribution is 6.10. The van der Waals surface area contributed by atoms with Crippen molar-refractivity contribution >= 4 is 43.6 Å². The van der Waals surface area contributed by atoms with Crippen molar-refractivity contribution < 1.29 is 0 Å². The predicted octanol–water partition coefficient (Wildman–Crippen LogP) is 11.0. The summed E-state index contributed by atoms with van der Waals surface area (Å²) in [4.78, 5) is 0. The maximum absolute atomic E-state index is 10.5. The molecule has 0 spiro atoms. The van der Waals surface area contributed by atoms with E-state index >= 15 is 0 Å². The van der Waals surface area contributed by atoms with Crippen LogP contribution in [0, 0.1) is 22.7 Å². The van der Waals surface area contributed by atoms with Crippen LogP contribution in [0.3, 0.4) is 0 Å². The van der Waals surface area contributed by atoms with Crippen LogP contribution in [-0.2, 0) is 0 Å². The number of hydrogen-bond acceptors (Lipinski definition) is 2. The molecule has 2 aromatic heterocycles. The molecule has 0 aliphatic rings. The van der Waals surface area contributed by atoms with E-state index in [1.807, 2.05) is 42.5 Å². The first kappa shape index (κ1) is 27.4. The molecule has 7 aromatic carbocycles. The third-order valence-electron chi connectivity index (χ3n) is 9.39. The lowest BCUT2D eigenvalue weighted by atomic mass is 9.94. The van der Waals surface area contributed by atoms with E-state index in [9.17, 15) is 10.5 Å². The lowest BCUT2D eigenvalue weighted by Gasteiger charge is -2.16. The van der Waals surface area contributed by atoms with Gasteiger partial charge in [0.05, 0.1) is 51.0 Å². The predicted molar refractivity (Wildman–Crippen MR) is 195 cm³/mol. The van der Waals surface area contributed by atoms with E-state index in [0.717, 1.165) is 66.5 Å². The Bertz CT molecular complexity index is 2710. The summed E-state index contributed by atoms with van der Waals surface area (Å²) in [6.07, 6.45) is 0. The average molecular weight is 611 g/mol. The summed E-state index contributed by atoms with van der Waals surface area (Å²) >= 11 is 0. The first-order valence-electron chi connectivity index (χ1n) is 15.9. The number of aromatic nitrogens is 2. The van der Waals surface area contributed by atoms with Crippen LogP contribution >= 0.6 is 0 Å². The second-order valence-electron chi connectivity index (χ2n) is 12.0. The molecule has 0 saturated carbocycles. The molecule has 4 heteroatoms. The van der Waals surface area contributed by atoms with Gasteiger partial charge >= 0.3 is 0 Å². The quantitative estimate of drug-likeness (QED) is 0.199. The first-order chi connectivity index (χ1) is 23.7. The van der Waals surface area contributed by atoms with E-state index in [-0.39, 0.29) is 0 Å². The monoisotopic (exact) mass is 610 g/mol. The molecular formula is C44H26N4. The molecule has 9 aromatic rings. The van der Waals surface area contributed by atoms with Gasteiger partial charge in [0.15, 0.2) is 0 Å². The van der Waals surface area contributed by atoms with Crippen LogP contribution < -0.4 is 0 Å². The van der Waals surface area contributed by atoms with Gasteiger partial charge in [0.25, 0.3) is 0 Å². The van der Waals surface area contributed by atoms with Crippen molar-refractivity contribution in [1.29, 1.82) is 10.5 Å². The largest absolute Gasteiger partial charge is 0.309 e. The smallest absolute Gasteiger partial charge is 0.0998 e. The van der Waals surface area contributed by atoms with E-state index in [2.05, 4.69) is 137 Å². The van der Waals surface area contributed by atoms with E-state index in [0.29, 0.717) is 11.1 Å². The third-order valence-corrected chi connectivity index (χ3v) is 9.39. The van der Waals surface area contributed by atoms with Crippen LogP contribution in [0.15, 0.2) is 158 Å². The van der Waals surface area contributed by atoms with Crippen LogP contribution in [0.5, 0.6) is 0 Å². The van der Waals surface area contributed by atoms with Gasteiger partial charge in [0, 0.05) is 32.8 Å². The molecule has 0 atom stereocenters. The molecule has 222 valence electrons. The molecule has 0 N–H and O–H groups in total. The number of fused-ring (bicyclic) bond motifs is 6. The van der Waals surface area contributed by atoms with Gasteiger partial charge in [-0.2, -0.15) is 10.5 Å². The van der Waals surface area contributed by atoms with Gasteiger partial charge < -0.3 is 9.13 Å². The zero-order valence-electron chi connectivity index (χ0n) is 25.8. The fourth-order valence-electron chi connectivity index (χ4n) is 7.28. The molecule has 0 saturated heterocycles. The first-order valence-corrected chi connectivity index (χ1v) is 15.9. The van der Waals surface area contributed by atoms with Crippen molar-refractivity contribution in [1.82, 2.24) is 9.13 Å². The molecule has 0 aliphatic carbocycles. The van der Waals surface area contributed by atoms with Crippen molar-refractivity contribution in [2.45, 2.75) is 0 Å². The van der Waals surface area contributed by atoms with Gasteiger partial charge in [-0.1, -0.05) is 103 Å². The van der Waals surface area contributed by atoms with Crippen LogP contribution in [0.2, 0.25) is 0 Å². The Hall–Kier alpha value is -6.88. The fourth-order valence-corrected chi connectivity index (χ4v) is 7.28. The summed E-state index contributed by atoms with van der Waals surface area (Å²) in [6.45, 7) is 0. The van der Waals surface area contributed by atoms with Gasteiger partial charge in [0.2, 0.25) is 0 Å². The number of benzene rings is 7. The number of hydrogen-bond donors (Lipinski definition) is 0. The standard InChI is InChI=1S/C44H26N4/c45-27-29-20-22-35(44(24-29)48-42-18-7-3-14-38(42)39-15-4-8-19-43(39)48)31-21-23-34(32(25-31)28-46)30-10-9-11-33(26-30)47-40-16-5-1-12-36(40)37-13-2-6-17-41(37)47/h1-26H. The highest BCUT2D eigenvalue weighted by atomic mass is 15.0. The van der Waals surface area contributed by atoms with Crippen LogP contribution in [-0.4, -0.2) is 9.13 Å². The van der Waals surface area contributed by atoms with Crippen molar-refractivity contribution in [3.63, 3.8) is 0 Å². The summed E-state index contributed by atoms with van der Waals surface area (Å²) in [7, 11) is 0. The summed E-state index contributed by atoms with van der Waals surface area (Å²) in [5.41, 5.74) is 11.2. The molecule has 0 unspecified atom stereocenters. The SMILES string of the molecule is N#Cc1ccc(-c2ccc(-c3cccc(-n4c5ccccc5c5ccccc54)c3)c(C#N)c2)c(-n2c3ccccc3c3ccccc32)c1. The van der Waals surface area contributed by atoms with E-state index in [1.165, 1.54) is 10.8 Å². The van der Waals surface area contributed by atoms with Gasteiger partial charge in [0.1, 0.15) is 0 Å². The second-order valence-corrected chi connectivity index (χ2v) is 12.0. The third kappa shape index (κ3) is 4.14. The molecule has 48 heavy (non-hydrogen) atoms. The van der Waals surface area contributed by atoms with Gasteiger partial charge in [-0.15, -0.1) is 0 Å². The minimum Gasteiger partial charge on any atom is -0.309 e. The van der Waals surface area contributed by atoms with Crippen LogP contribution in [0.1, 0.15) is 11.1 Å². The molecule has 0 radical (unpaired) electrons. The molecular weight excluding hydrogens is 585 g/mol. The Morgan fingerprint density at radius 3 is 1.48 bits per heavy atom. The Labute approximate surface area is 277 Å². The number of nitrogens with zero attached hydrogens (tertiary/aromatic N) is 4. The summed E-state index contributed by atoms with van der Waals surface area (Å²) in [6, 6.07) is 58.8. The molecule has 0 aliphatic heterocycles. The van der Waals surface area contributed by atoms with Crippen LogP contribution in [0.4, 0.5) is 0 Å². The summed E-state index contributed by atoms with van der Waals surface area (Å²) < 4.78 is 4.53. The molecule has 0 bridgehead atoms. The Kier molecular flexibility index (Phi) is 6.22. The second kappa shape index (κ2) is 10.9. The van der Waals surface area contributed by atoms with Crippen molar-refractivity contribution in [2.75, 3.05) is 0 Å². The molecule has 9 rings (SSSR count). The van der Waals surface area contributed by atoms with Gasteiger partial charge in [-0.05, 0) is 71.3 Å². The minimum atomic E-state index is 0.578. The van der Waals surface area contributed by atoms with E-state index < -0.39 is 0 Å². The average Bonchev–Trinajstić information content (AvgIpc) is 3.67. The van der Waals surface area contributed by atoms with Crippen LogP contribution in [0.25, 0.3) is 77.2 Å². The van der Waals surface area contributed by atoms with Gasteiger partial charge in [-0.25, -0.2) is 0 Å². The molecule has 4 nitrogen and oxygen atoms in total. The maximum atomic E-state index is 10.5. The Morgan fingerprint density at radius 1 is 0.396 bits per heavy atom. The summed E-state index contributed by atoms with van der Waals surface area (Å²) in [5, 5.41) is 25.1.